The third kappa shape index (κ3) is 5.22. The Morgan fingerprint density at radius 1 is 1.18 bits per heavy atom. The Kier molecular flexibility index (Phi) is 7.35. The van der Waals surface area contributed by atoms with Crippen LogP contribution in [0, 0.1) is 23.1 Å². The van der Waals surface area contributed by atoms with Gasteiger partial charge in [-0.3, -0.25) is 0 Å². The van der Waals surface area contributed by atoms with E-state index in [2.05, 4.69) is 18.0 Å². The standard InChI is InChI=1S/C24H31FN4O3S/c1-2-3-5-18-8-10-19(11-9-18)23-27-22(17-26)24(32-23)28-12-14-29(15-13-28)33(30,31)21-7-4-6-20(25)16-21/h4,6-7,16,18-19H,2-3,5,8-15H2,1H3. The second kappa shape index (κ2) is 10.2. The van der Waals surface area contributed by atoms with Crippen LogP contribution in [0.3, 0.4) is 0 Å². The Bertz CT molecular complexity index is 1100. The zero-order chi connectivity index (χ0) is 23.4. The molecule has 33 heavy (non-hydrogen) atoms. The molecule has 9 heteroatoms. The summed E-state index contributed by atoms with van der Waals surface area (Å²) >= 11 is 0. The lowest BCUT2D eigenvalue weighted by Gasteiger charge is -2.33. The summed E-state index contributed by atoms with van der Waals surface area (Å²) in [5.74, 6) is 1.49. The lowest BCUT2D eigenvalue weighted by Crippen LogP contribution is -2.48. The van der Waals surface area contributed by atoms with Crippen LogP contribution in [0.25, 0.3) is 0 Å². The fraction of sp³-hybridized carbons (Fsp3) is 0.583. The van der Waals surface area contributed by atoms with Crippen molar-refractivity contribution in [1.82, 2.24) is 9.29 Å². The van der Waals surface area contributed by atoms with Gasteiger partial charge >= 0.3 is 0 Å². The van der Waals surface area contributed by atoms with Crippen molar-refractivity contribution in [3.8, 4) is 6.07 Å². The molecule has 1 aromatic carbocycles. The van der Waals surface area contributed by atoms with Gasteiger partial charge < -0.3 is 9.32 Å². The van der Waals surface area contributed by atoms with Crippen molar-refractivity contribution in [2.24, 2.45) is 5.92 Å². The number of oxazole rings is 1. The number of sulfonamides is 1. The Morgan fingerprint density at radius 2 is 1.91 bits per heavy atom. The van der Waals surface area contributed by atoms with Crippen LogP contribution < -0.4 is 4.90 Å². The molecule has 0 unspecified atom stereocenters. The lowest BCUT2D eigenvalue weighted by atomic mass is 9.80. The maximum atomic E-state index is 13.5. The first-order chi connectivity index (χ1) is 15.9. The largest absolute Gasteiger partial charge is 0.423 e. The highest BCUT2D eigenvalue weighted by molar-refractivity contribution is 7.89. The predicted molar refractivity (Wildman–Crippen MR) is 123 cm³/mol. The fourth-order valence-corrected chi connectivity index (χ4v) is 6.34. The van der Waals surface area contributed by atoms with Gasteiger partial charge in [0.05, 0.1) is 4.90 Å². The van der Waals surface area contributed by atoms with Gasteiger partial charge in [0, 0.05) is 32.1 Å². The topological polar surface area (TPSA) is 90.4 Å². The molecule has 2 aromatic rings. The average molecular weight is 475 g/mol. The predicted octanol–water partition coefficient (Wildman–Crippen LogP) is 4.66. The van der Waals surface area contributed by atoms with Gasteiger partial charge in [0.15, 0.2) is 0 Å². The summed E-state index contributed by atoms with van der Waals surface area (Å²) in [4.78, 5) is 6.33. The molecule has 1 aromatic heterocycles. The fourth-order valence-electron chi connectivity index (χ4n) is 4.89. The second-order valence-corrected chi connectivity index (χ2v) is 11.0. The molecule has 178 valence electrons. The molecule has 0 amide bonds. The van der Waals surface area contributed by atoms with E-state index in [1.807, 2.05) is 4.90 Å². The van der Waals surface area contributed by atoms with E-state index in [4.69, 9.17) is 4.42 Å². The molecular formula is C24H31FN4O3S. The van der Waals surface area contributed by atoms with E-state index in [1.165, 1.54) is 54.6 Å². The summed E-state index contributed by atoms with van der Waals surface area (Å²) in [5.41, 5.74) is 0.263. The number of nitriles is 1. The van der Waals surface area contributed by atoms with E-state index in [9.17, 15) is 18.1 Å². The number of aromatic nitrogens is 1. The molecule has 1 saturated carbocycles. The van der Waals surface area contributed by atoms with E-state index in [-0.39, 0.29) is 29.6 Å². The van der Waals surface area contributed by atoms with Crippen LogP contribution in [0.5, 0.6) is 0 Å². The molecule has 4 rings (SSSR count). The van der Waals surface area contributed by atoms with Gasteiger partial charge in [-0.15, -0.1) is 0 Å². The van der Waals surface area contributed by atoms with Crippen LogP contribution in [0.1, 0.15) is 69.4 Å². The number of hydrogen-bond acceptors (Lipinski definition) is 6. The van der Waals surface area contributed by atoms with Crippen molar-refractivity contribution in [2.75, 3.05) is 31.1 Å². The minimum absolute atomic E-state index is 0.0508. The van der Waals surface area contributed by atoms with Crippen molar-refractivity contribution in [3.05, 3.63) is 41.7 Å². The summed E-state index contributed by atoms with van der Waals surface area (Å²) in [6, 6.07) is 7.20. The highest BCUT2D eigenvalue weighted by Crippen LogP contribution is 2.39. The average Bonchev–Trinajstić information content (AvgIpc) is 3.28. The van der Waals surface area contributed by atoms with Gasteiger partial charge in [-0.2, -0.15) is 9.57 Å². The SMILES string of the molecule is CCCCC1CCC(c2nc(C#N)c(N3CCN(S(=O)(=O)c4cccc(F)c4)CC3)o2)CC1. The summed E-state index contributed by atoms with van der Waals surface area (Å²) in [5, 5.41) is 9.61. The maximum absolute atomic E-state index is 13.5. The molecule has 1 aliphatic heterocycles. The third-order valence-corrected chi connectivity index (χ3v) is 8.75. The summed E-state index contributed by atoms with van der Waals surface area (Å²) in [6.45, 7) is 3.42. The van der Waals surface area contributed by atoms with Crippen molar-refractivity contribution in [3.63, 3.8) is 0 Å². The molecule has 0 spiro atoms. The maximum Gasteiger partial charge on any atom is 0.243 e. The summed E-state index contributed by atoms with van der Waals surface area (Å²) in [6.07, 6.45) is 8.18. The molecule has 1 saturated heterocycles. The number of nitrogens with zero attached hydrogens (tertiary/aromatic N) is 4. The number of benzene rings is 1. The minimum atomic E-state index is -3.77. The first-order valence-corrected chi connectivity index (χ1v) is 13.3. The van der Waals surface area contributed by atoms with Crippen LogP contribution in [0.4, 0.5) is 10.3 Å². The number of unbranched alkanes of at least 4 members (excludes halogenated alkanes) is 1. The Balaban J connectivity index is 1.41. The van der Waals surface area contributed by atoms with Gasteiger partial charge in [0.1, 0.15) is 11.9 Å². The number of hydrogen-bond donors (Lipinski definition) is 0. The lowest BCUT2D eigenvalue weighted by molar-refractivity contribution is 0.276. The van der Waals surface area contributed by atoms with Crippen LogP contribution in [0.15, 0.2) is 33.6 Å². The number of anilines is 1. The first kappa shape index (κ1) is 23.7. The monoisotopic (exact) mass is 474 g/mol. The van der Waals surface area contributed by atoms with Crippen LogP contribution in [0.2, 0.25) is 0 Å². The van der Waals surface area contributed by atoms with Crippen molar-refractivity contribution in [1.29, 1.82) is 5.26 Å². The molecule has 2 aliphatic rings. The Morgan fingerprint density at radius 3 is 2.55 bits per heavy atom. The molecule has 7 nitrogen and oxygen atoms in total. The molecule has 2 fully saturated rings. The van der Waals surface area contributed by atoms with Gasteiger partial charge in [0.25, 0.3) is 0 Å². The summed E-state index contributed by atoms with van der Waals surface area (Å²) in [7, 11) is -3.77. The second-order valence-electron chi connectivity index (χ2n) is 9.03. The van der Waals surface area contributed by atoms with E-state index < -0.39 is 15.8 Å². The van der Waals surface area contributed by atoms with Gasteiger partial charge in [-0.25, -0.2) is 17.8 Å². The number of rotatable bonds is 7. The minimum Gasteiger partial charge on any atom is -0.423 e. The Hall–Kier alpha value is -2.44. The van der Waals surface area contributed by atoms with E-state index in [0.29, 0.717) is 24.9 Å². The third-order valence-electron chi connectivity index (χ3n) is 6.85. The smallest absolute Gasteiger partial charge is 0.243 e. The van der Waals surface area contributed by atoms with Crippen molar-refractivity contribution in [2.45, 2.75) is 62.7 Å². The van der Waals surface area contributed by atoms with E-state index in [0.717, 1.165) is 24.8 Å². The van der Waals surface area contributed by atoms with Gasteiger partial charge in [0.2, 0.25) is 27.5 Å². The first-order valence-electron chi connectivity index (χ1n) is 11.8. The van der Waals surface area contributed by atoms with Gasteiger partial charge in [-0.1, -0.05) is 32.3 Å². The van der Waals surface area contributed by atoms with Crippen LogP contribution in [-0.4, -0.2) is 43.9 Å². The van der Waals surface area contributed by atoms with Crippen molar-refractivity contribution >= 4 is 15.9 Å². The molecule has 0 N–H and O–H groups in total. The molecule has 0 radical (unpaired) electrons. The van der Waals surface area contributed by atoms with Crippen molar-refractivity contribution < 1.29 is 17.2 Å². The van der Waals surface area contributed by atoms with Crippen LogP contribution in [-0.2, 0) is 10.0 Å². The highest BCUT2D eigenvalue weighted by atomic mass is 32.2. The zero-order valence-corrected chi connectivity index (χ0v) is 19.9. The normalized spacial score (nSPS) is 22.3. The molecule has 2 heterocycles. The van der Waals surface area contributed by atoms with Crippen LogP contribution >= 0.6 is 0 Å². The van der Waals surface area contributed by atoms with E-state index in [1.54, 1.807) is 0 Å². The number of piperazine rings is 1. The van der Waals surface area contributed by atoms with Gasteiger partial charge in [-0.05, 0) is 49.8 Å². The zero-order valence-electron chi connectivity index (χ0n) is 19.0. The molecular weight excluding hydrogens is 443 g/mol. The van der Waals surface area contributed by atoms with E-state index >= 15 is 0 Å². The number of halogens is 1. The highest BCUT2D eigenvalue weighted by Gasteiger charge is 2.33. The summed E-state index contributed by atoms with van der Waals surface area (Å²) < 4.78 is 46.7. The molecule has 0 atom stereocenters. The Labute approximate surface area is 195 Å². The quantitative estimate of drug-likeness (QED) is 0.580. The molecule has 0 bridgehead atoms. The molecule has 1 aliphatic carbocycles.